The Bertz CT molecular complexity index is 893. The van der Waals surface area contributed by atoms with Crippen molar-refractivity contribution in [3.05, 3.63) is 90.0 Å². The first-order valence-corrected chi connectivity index (χ1v) is 7.46. The van der Waals surface area contributed by atoms with Crippen molar-refractivity contribution in [2.75, 3.05) is 0 Å². The molecule has 1 N–H and O–H groups in total. The summed E-state index contributed by atoms with van der Waals surface area (Å²) in [6.45, 7) is 0. The second-order valence-electron chi connectivity index (χ2n) is 5.47. The minimum absolute atomic E-state index is 0.924. The van der Waals surface area contributed by atoms with Crippen LogP contribution in [-0.4, -0.2) is 9.97 Å². The molecule has 106 valence electrons. The van der Waals surface area contributed by atoms with Crippen molar-refractivity contribution in [1.29, 1.82) is 0 Å². The van der Waals surface area contributed by atoms with E-state index in [0.29, 0.717) is 0 Å². The lowest BCUT2D eigenvalue weighted by atomic mass is 10.0. The van der Waals surface area contributed by atoms with Crippen LogP contribution in [0.5, 0.6) is 0 Å². The van der Waals surface area contributed by atoms with Gasteiger partial charge in [-0.1, -0.05) is 66.7 Å². The quantitative estimate of drug-likeness (QED) is 0.574. The molecule has 0 saturated heterocycles. The summed E-state index contributed by atoms with van der Waals surface area (Å²) < 4.78 is 0. The molecule has 0 aliphatic carbocycles. The molecule has 0 radical (unpaired) electrons. The van der Waals surface area contributed by atoms with Crippen LogP contribution in [-0.2, 0) is 6.42 Å². The number of benzene rings is 3. The van der Waals surface area contributed by atoms with E-state index >= 15 is 0 Å². The highest BCUT2D eigenvalue weighted by Crippen LogP contribution is 2.22. The topological polar surface area (TPSA) is 28.7 Å². The fraction of sp³-hybridized carbons (Fsp3) is 0.0500. The van der Waals surface area contributed by atoms with Crippen LogP contribution >= 0.6 is 0 Å². The summed E-state index contributed by atoms with van der Waals surface area (Å²) in [6.07, 6.45) is 0.941. The van der Waals surface area contributed by atoms with Gasteiger partial charge in [-0.2, -0.15) is 0 Å². The van der Waals surface area contributed by atoms with Crippen LogP contribution in [0, 0.1) is 0 Å². The number of H-pyrrole nitrogens is 1. The highest BCUT2D eigenvalue weighted by molar-refractivity contribution is 5.80. The summed E-state index contributed by atoms with van der Waals surface area (Å²) in [6, 6.07) is 27.2. The molecule has 0 aliphatic heterocycles. The predicted molar refractivity (Wildman–Crippen MR) is 90.8 cm³/mol. The van der Waals surface area contributed by atoms with E-state index in [1.54, 1.807) is 0 Å². The number of fused-ring (bicyclic) bond motifs is 1. The standard InChI is InChI=1S/C20H16N2/c1-3-7-15(8-4-1)13-16-11-12-18-19(14-16)22-20(21-18)17-9-5-2-6-10-17/h1-12,14H,13H2,(H,21,22). The fourth-order valence-electron chi connectivity index (χ4n) is 2.73. The van der Waals surface area contributed by atoms with Gasteiger partial charge in [-0.25, -0.2) is 4.98 Å². The number of rotatable bonds is 3. The summed E-state index contributed by atoms with van der Waals surface area (Å²) in [5.41, 5.74) is 5.83. The Kier molecular flexibility index (Phi) is 3.20. The second-order valence-corrected chi connectivity index (χ2v) is 5.47. The van der Waals surface area contributed by atoms with E-state index in [4.69, 9.17) is 0 Å². The summed E-state index contributed by atoms with van der Waals surface area (Å²) in [7, 11) is 0. The van der Waals surface area contributed by atoms with Crippen LogP contribution in [0.25, 0.3) is 22.4 Å². The Morgan fingerprint density at radius 2 is 1.45 bits per heavy atom. The van der Waals surface area contributed by atoms with Gasteiger partial charge in [-0.05, 0) is 29.7 Å². The molecule has 2 heteroatoms. The van der Waals surface area contributed by atoms with Crippen LogP contribution in [0.2, 0.25) is 0 Å². The first-order chi connectivity index (χ1) is 10.9. The van der Waals surface area contributed by atoms with E-state index in [1.165, 1.54) is 11.1 Å². The molecule has 0 atom stereocenters. The van der Waals surface area contributed by atoms with Crippen molar-refractivity contribution < 1.29 is 0 Å². The average Bonchev–Trinajstić information content (AvgIpc) is 3.00. The van der Waals surface area contributed by atoms with Crippen LogP contribution in [0.3, 0.4) is 0 Å². The van der Waals surface area contributed by atoms with Gasteiger partial charge < -0.3 is 4.98 Å². The Morgan fingerprint density at radius 1 is 0.727 bits per heavy atom. The first-order valence-electron chi connectivity index (χ1n) is 7.46. The molecule has 0 bridgehead atoms. The summed E-state index contributed by atoms with van der Waals surface area (Å²) in [5.74, 6) is 0.924. The smallest absolute Gasteiger partial charge is 0.138 e. The van der Waals surface area contributed by atoms with Crippen LogP contribution < -0.4 is 0 Å². The zero-order chi connectivity index (χ0) is 14.8. The molecule has 1 aromatic heterocycles. The Hall–Kier alpha value is -2.87. The Labute approximate surface area is 129 Å². The van der Waals surface area contributed by atoms with Crippen molar-refractivity contribution in [2.24, 2.45) is 0 Å². The number of aromatic nitrogens is 2. The number of hydrogen-bond donors (Lipinski definition) is 1. The van der Waals surface area contributed by atoms with Crippen molar-refractivity contribution in [3.63, 3.8) is 0 Å². The molecular formula is C20H16N2. The molecule has 0 amide bonds. The van der Waals surface area contributed by atoms with E-state index in [-0.39, 0.29) is 0 Å². The number of hydrogen-bond acceptors (Lipinski definition) is 1. The molecule has 4 aromatic rings. The molecule has 0 fully saturated rings. The predicted octanol–water partition coefficient (Wildman–Crippen LogP) is 4.82. The van der Waals surface area contributed by atoms with E-state index in [9.17, 15) is 0 Å². The Balaban J connectivity index is 1.69. The lowest BCUT2D eigenvalue weighted by Gasteiger charge is -2.01. The second kappa shape index (κ2) is 5.49. The van der Waals surface area contributed by atoms with Gasteiger partial charge in [0, 0.05) is 5.56 Å². The molecule has 4 rings (SSSR count). The molecule has 0 saturated carbocycles. The normalized spacial score (nSPS) is 10.9. The highest BCUT2D eigenvalue weighted by Gasteiger charge is 2.06. The van der Waals surface area contributed by atoms with Gasteiger partial charge in [0.15, 0.2) is 0 Å². The molecule has 3 aromatic carbocycles. The number of aromatic amines is 1. The van der Waals surface area contributed by atoms with E-state index in [0.717, 1.165) is 28.8 Å². The van der Waals surface area contributed by atoms with Gasteiger partial charge in [-0.3, -0.25) is 0 Å². The lowest BCUT2D eigenvalue weighted by molar-refractivity contribution is 1.20. The summed E-state index contributed by atoms with van der Waals surface area (Å²) in [4.78, 5) is 8.10. The van der Waals surface area contributed by atoms with Gasteiger partial charge in [0.1, 0.15) is 5.82 Å². The van der Waals surface area contributed by atoms with Gasteiger partial charge >= 0.3 is 0 Å². The highest BCUT2D eigenvalue weighted by atomic mass is 14.9. The third-order valence-corrected chi connectivity index (χ3v) is 3.84. The SMILES string of the molecule is c1ccc(Cc2ccc3nc(-c4ccccc4)[nH]c3c2)cc1. The molecule has 0 spiro atoms. The van der Waals surface area contributed by atoms with Crippen molar-refractivity contribution in [3.8, 4) is 11.4 Å². The van der Waals surface area contributed by atoms with E-state index in [2.05, 4.69) is 64.6 Å². The molecule has 0 aliphatic rings. The van der Waals surface area contributed by atoms with Crippen molar-refractivity contribution in [2.45, 2.75) is 6.42 Å². The zero-order valence-corrected chi connectivity index (χ0v) is 12.2. The van der Waals surface area contributed by atoms with Crippen LogP contribution in [0.15, 0.2) is 78.9 Å². The van der Waals surface area contributed by atoms with Gasteiger partial charge in [0.25, 0.3) is 0 Å². The molecule has 1 heterocycles. The van der Waals surface area contributed by atoms with E-state index in [1.807, 2.05) is 24.3 Å². The number of imidazole rings is 1. The number of nitrogens with zero attached hydrogens (tertiary/aromatic N) is 1. The van der Waals surface area contributed by atoms with Crippen LogP contribution in [0.1, 0.15) is 11.1 Å². The van der Waals surface area contributed by atoms with Gasteiger partial charge in [0.2, 0.25) is 0 Å². The zero-order valence-electron chi connectivity index (χ0n) is 12.2. The molecular weight excluding hydrogens is 268 g/mol. The van der Waals surface area contributed by atoms with Gasteiger partial charge in [-0.15, -0.1) is 0 Å². The minimum Gasteiger partial charge on any atom is -0.338 e. The van der Waals surface area contributed by atoms with Crippen molar-refractivity contribution >= 4 is 11.0 Å². The minimum atomic E-state index is 0.924. The Morgan fingerprint density at radius 3 is 2.23 bits per heavy atom. The largest absolute Gasteiger partial charge is 0.338 e. The third-order valence-electron chi connectivity index (χ3n) is 3.84. The number of nitrogens with one attached hydrogen (secondary N) is 1. The maximum absolute atomic E-state index is 4.68. The van der Waals surface area contributed by atoms with E-state index < -0.39 is 0 Å². The monoisotopic (exact) mass is 284 g/mol. The van der Waals surface area contributed by atoms with Gasteiger partial charge in [0.05, 0.1) is 11.0 Å². The fourth-order valence-corrected chi connectivity index (χ4v) is 2.73. The average molecular weight is 284 g/mol. The summed E-state index contributed by atoms with van der Waals surface area (Å²) >= 11 is 0. The summed E-state index contributed by atoms with van der Waals surface area (Å²) in [5, 5.41) is 0. The molecule has 0 unspecified atom stereocenters. The lowest BCUT2D eigenvalue weighted by Crippen LogP contribution is -1.87. The molecule has 2 nitrogen and oxygen atoms in total. The first kappa shape index (κ1) is 12.8. The maximum Gasteiger partial charge on any atom is 0.138 e. The third kappa shape index (κ3) is 2.51. The maximum atomic E-state index is 4.68. The van der Waals surface area contributed by atoms with Crippen molar-refractivity contribution in [1.82, 2.24) is 9.97 Å². The van der Waals surface area contributed by atoms with Crippen LogP contribution in [0.4, 0.5) is 0 Å². The molecule has 22 heavy (non-hydrogen) atoms.